The molecule has 0 saturated carbocycles. The Morgan fingerprint density at radius 2 is 0.918 bits per heavy atom. The summed E-state index contributed by atoms with van der Waals surface area (Å²) >= 11 is 48.2. The Labute approximate surface area is 328 Å². The molecular weight excluding hydrogens is 839 g/mol. The first kappa shape index (κ1) is 36.0. The van der Waals surface area contributed by atoms with E-state index in [1.54, 1.807) is 24.3 Å². The van der Waals surface area contributed by atoms with Crippen LogP contribution in [0.15, 0.2) is 125 Å². The summed E-state index contributed by atoms with van der Waals surface area (Å²) in [5.74, 6) is 1.15. The molecule has 8 rings (SSSR count). The van der Waals surface area contributed by atoms with Gasteiger partial charge in [-0.15, -0.1) is 34.6 Å². The Bertz CT molecular complexity index is 2140. The van der Waals surface area contributed by atoms with E-state index >= 15 is 0 Å². The number of fused-ring (bicyclic) bond motifs is 2. The molecule has 2 aliphatic heterocycles. The number of hydrogen-bond donors (Lipinski definition) is 0. The van der Waals surface area contributed by atoms with Crippen LogP contribution in [0, 0.1) is 0 Å². The Hall–Kier alpha value is -2.79. The monoisotopic (exact) mass is 849 g/mol. The van der Waals surface area contributed by atoms with E-state index in [9.17, 15) is 0 Å². The molecule has 6 nitrogen and oxygen atoms in total. The zero-order valence-corrected chi connectivity index (χ0v) is 31.1. The van der Waals surface area contributed by atoms with Gasteiger partial charge >= 0.3 is 16.8 Å². The molecular formula is C34H14Cl8CoN4O2. The van der Waals surface area contributed by atoms with Crippen molar-refractivity contribution in [1.82, 2.24) is 9.97 Å². The van der Waals surface area contributed by atoms with E-state index in [1.165, 1.54) is 0 Å². The molecule has 0 N–H and O–H groups in total. The third-order valence-electron chi connectivity index (χ3n) is 7.08. The molecule has 49 heavy (non-hydrogen) atoms. The van der Waals surface area contributed by atoms with E-state index in [4.69, 9.17) is 102 Å². The summed E-state index contributed by atoms with van der Waals surface area (Å²) in [5.41, 5.74) is 4.88. The first-order chi connectivity index (χ1) is 23.0. The fraction of sp³-hybridized carbons (Fsp3) is 0. The van der Waals surface area contributed by atoms with Gasteiger partial charge in [-0.05, 0) is 46.7 Å². The SMILES string of the molecule is ClC1=C/C(=C(/c2cc(Cl)c(Cl)[n-]2)c2cc3ccccc3o2)N=C1Cl.ClC1=C/C(=C(/c2cc(Cl)c(Cl)[n-]2)c2cc3ccccc3o2)N=C1Cl.[Co+2]. The van der Waals surface area contributed by atoms with Crippen LogP contribution in [-0.4, -0.2) is 10.3 Å². The first-order valence-electron chi connectivity index (χ1n) is 13.7. The van der Waals surface area contributed by atoms with Crippen LogP contribution in [0.5, 0.6) is 0 Å². The molecule has 0 bridgehead atoms. The second-order valence-corrected chi connectivity index (χ2v) is 13.2. The maximum atomic E-state index is 6.05. The van der Waals surface area contributed by atoms with E-state index in [-0.39, 0.29) is 37.4 Å². The summed E-state index contributed by atoms with van der Waals surface area (Å²) in [7, 11) is 0. The van der Waals surface area contributed by atoms with Crippen molar-refractivity contribution in [3.05, 3.63) is 150 Å². The normalized spacial score (nSPS) is 16.2. The van der Waals surface area contributed by atoms with Crippen LogP contribution in [0.3, 0.4) is 0 Å². The smallest absolute Gasteiger partial charge is 0.646 e. The summed E-state index contributed by atoms with van der Waals surface area (Å²) in [6.45, 7) is 0. The largest absolute Gasteiger partial charge is 2.00 e. The summed E-state index contributed by atoms with van der Waals surface area (Å²) in [6.07, 6.45) is 3.31. The van der Waals surface area contributed by atoms with Crippen molar-refractivity contribution in [2.75, 3.05) is 0 Å². The fourth-order valence-electron chi connectivity index (χ4n) is 4.97. The molecule has 6 aromatic rings. The van der Waals surface area contributed by atoms with Crippen LogP contribution >= 0.6 is 92.8 Å². The molecule has 2 aliphatic rings. The van der Waals surface area contributed by atoms with Crippen LogP contribution in [-0.2, 0) is 16.8 Å². The number of allylic oxidation sites excluding steroid dienone is 4. The Morgan fingerprint density at radius 1 is 0.531 bits per heavy atom. The van der Waals surface area contributed by atoms with Gasteiger partial charge in [-0.3, -0.25) is 0 Å². The zero-order valence-electron chi connectivity index (χ0n) is 24.0. The quantitative estimate of drug-likeness (QED) is 0.177. The van der Waals surface area contributed by atoms with E-state index in [0.29, 0.717) is 65.6 Å². The average Bonchev–Trinajstić information content (AvgIpc) is 3.90. The van der Waals surface area contributed by atoms with E-state index in [1.807, 2.05) is 60.7 Å². The van der Waals surface area contributed by atoms with Gasteiger partial charge in [0.15, 0.2) is 0 Å². The molecule has 0 fully saturated rings. The third-order valence-corrected chi connectivity index (χ3v) is 9.78. The van der Waals surface area contributed by atoms with Gasteiger partial charge < -0.3 is 18.8 Å². The molecule has 0 amide bonds. The Balaban J connectivity index is 0.000000167. The molecule has 6 heterocycles. The number of furan rings is 2. The summed E-state index contributed by atoms with van der Waals surface area (Å²) in [6, 6.07) is 22.5. The second kappa shape index (κ2) is 14.8. The van der Waals surface area contributed by atoms with Crippen molar-refractivity contribution in [2.24, 2.45) is 9.98 Å². The molecule has 247 valence electrons. The zero-order chi connectivity index (χ0) is 33.7. The van der Waals surface area contributed by atoms with Gasteiger partial charge in [0.1, 0.15) is 33.0 Å². The molecule has 4 aromatic heterocycles. The third kappa shape index (κ3) is 7.34. The van der Waals surface area contributed by atoms with Gasteiger partial charge in [0.25, 0.3) is 0 Å². The fourth-order valence-corrected chi connectivity index (χ4v) is 6.14. The van der Waals surface area contributed by atoms with Crippen molar-refractivity contribution >= 4 is 136 Å². The van der Waals surface area contributed by atoms with Crippen LogP contribution in [0.1, 0.15) is 22.9 Å². The maximum absolute atomic E-state index is 6.05. The summed E-state index contributed by atoms with van der Waals surface area (Å²) in [5, 5.41) is 4.16. The number of halogens is 8. The number of hydrogen-bond acceptors (Lipinski definition) is 4. The predicted octanol–water partition coefficient (Wildman–Crippen LogP) is 12.5. The van der Waals surface area contributed by atoms with E-state index in [2.05, 4.69) is 20.0 Å². The average molecular weight is 853 g/mol. The Kier molecular flexibility index (Phi) is 10.9. The standard InChI is InChI=1S/2C17H7Cl4N2O.Co/c2*18-9-6-11(22-16(9)20)15(12-7-10(19)17(21)23-12)14-5-8-3-1-2-4-13(8)24-14;/h2*1-7H;/q2*-1;+2/b2*15-11+;. The van der Waals surface area contributed by atoms with Crippen molar-refractivity contribution in [3.63, 3.8) is 0 Å². The molecule has 0 spiro atoms. The van der Waals surface area contributed by atoms with Gasteiger partial charge in [0, 0.05) is 32.0 Å². The number of aliphatic imine (C=N–C) groups is 2. The van der Waals surface area contributed by atoms with Crippen molar-refractivity contribution in [2.45, 2.75) is 0 Å². The van der Waals surface area contributed by atoms with Crippen LogP contribution in [0.25, 0.3) is 33.1 Å². The van der Waals surface area contributed by atoms with Gasteiger partial charge in [0.2, 0.25) is 0 Å². The Morgan fingerprint density at radius 3 is 1.22 bits per heavy atom. The van der Waals surface area contributed by atoms with Crippen LogP contribution in [0.4, 0.5) is 0 Å². The van der Waals surface area contributed by atoms with Gasteiger partial charge in [-0.25, -0.2) is 9.98 Å². The minimum atomic E-state index is 0. The topological polar surface area (TPSA) is 79.2 Å². The number of rotatable bonds is 4. The number of benzene rings is 2. The van der Waals surface area contributed by atoms with Crippen LogP contribution < -0.4 is 9.97 Å². The second-order valence-electron chi connectivity index (χ2n) is 10.2. The molecule has 0 unspecified atom stereocenters. The van der Waals surface area contributed by atoms with Crippen LogP contribution in [0.2, 0.25) is 20.4 Å². The van der Waals surface area contributed by atoms with Crippen molar-refractivity contribution in [3.8, 4) is 0 Å². The maximum Gasteiger partial charge on any atom is 2.00 e. The minimum Gasteiger partial charge on any atom is -0.646 e. The minimum absolute atomic E-state index is 0. The molecule has 1 radical (unpaired) electrons. The first-order valence-corrected chi connectivity index (χ1v) is 16.8. The van der Waals surface area contributed by atoms with Crippen molar-refractivity contribution in [1.29, 1.82) is 0 Å². The number of para-hydroxylation sites is 2. The van der Waals surface area contributed by atoms with E-state index in [0.717, 1.165) is 21.9 Å². The number of nitrogens with zero attached hydrogens (tertiary/aromatic N) is 4. The van der Waals surface area contributed by atoms with Gasteiger partial charge in [-0.2, -0.15) is 0 Å². The molecule has 15 heteroatoms. The van der Waals surface area contributed by atoms with Gasteiger partial charge in [0.05, 0.1) is 21.5 Å². The summed E-state index contributed by atoms with van der Waals surface area (Å²) < 4.78 is 11.9. The number of aromatic nitrogens is 2. The molecule has 0 atom stereocenters. The molecule has 2 aromatic carbocycles. The van der Waals surface area contributed by atoms with E-state index < -0.39 is 0 Å². The molecule has 0 aliphatic carbocycles. The predicted molar refractivity (Wildman–Crippen MR) is 198 cm³/mol. The molecule has 0 saturated heterocycles. The summed E-state index contributed by atoms with van der Waals surface area (Å²) in [4.78, 5) is 17.1. The van der Waals surface area contributed by atoms with Gasteiger partial charge in [-0.1, -0.05) is 118 Å². The van der Waals surface area contributed by atoms with Crippen molar-refractivity contribution < 1.29 is 25.6 Å².